The molecule has 110 valence electrons. The molecule has 0 bridgehead atoms. The second kappa shape index (κ2) is 5.70. The molecule has 4 nitrogen and oxygen atoms in total. The van der Waals surface area contributed by atoms with Crippen LogP contribution in [0.3, 0.4) is 0 Å². The molecule has 20 heavy (non-hydrogen) atoms. The van der Waals surface area contributed by atoms with Crippen molar-refractivity contribution < 1.29 is 0 Å². The Morgan fingerprint density at radius 3 is 2.45 bits per heavy atom. The third-order valence-electron chi connectivity index (χ3n) is 4.67. The monoisotopic (exact) mass is 274 g/mol. The third-order valence-corrected chi connectivity index (χ3v) is 4.67. The fraction of sp³-hybridized carbons (Fsp3) is 0.688. The van der Waals surface area contributed by atoms with E-state index in [1.165, 1.54) is 18.4 Å². The standard InChI is InChI=1S/C16H26N4/c1-12-10-20(11-13(2)19(12)3)16-7-4-14(9-18-16)8-17-15-5-6-15/h4,7,9,12-13,15,17H,5-6,8,10-11H2,1-3H3. The summed E-state index contributed by atoms with van der Waals surface area (Å²) in [6.45, 7) is 7.65. The summed E-state index contributed by atoms with van der Waals surface area (Å²) in [7, 11) is 2.22. The van der Waals surface area contributed by atoms with E-state index in [1.54, 1.807) is 0 Å². The fourth-order valence-corrected chi connectivity index (χ4v) is 2.85. The van der Waals surface area contributed by atoms with Gasteiger partial charge in [-0.05, 0) is 45.4 Å². The number of likely N-dealkylation sites (N-methyl/N-ethyl adjacent to an activating group) is 1. The Labute approximate surface area is 122 Å². The van der Waals surface area contributed by atoms with Crippen LogP contribution in [0.4, 0.5) is 5.82 Å². The van der Waals surface area contributed by atoms with Gasteiger partial charge in [-0.25, -0.2) is 4.98 Å². The number of piperazine rings is 1. The number of aromatic nitrogens is 1. The molecule has 3 rings (SSSR count). The van der Waals surface area contributed by atoms with E-state index in [4.69, 9.17) is 0 Å². The number of nitrogens with one attached hydrogen (secondary N) is 1. The summed E-state index contributed by atoms with van der Waals surface area (Å²) in [6, 6.07) is 6.31. The molecule has 1 aromatic heterocycles. The van der Waals surface area contributed by atoms with E-state index in [0.717, 1.165) is 31.5 Å². The van der Waals surface area contributed by atoms with Gasteiger partial charge in [-0.15, -0.1) is 0 Å². The molecule has 0 amide bonds. The quantitative estimate of drug-likeness (QED) is 0.908. The van der Waals surface area contributed by atoms with E-state index in [-0.39, 0.29) is 0 Å². The summed E-state index contributed by atoms with van der Waals surface area (Å²) in [4.78, 5) is 9.52. The molecule has 4 heteroatoms. The van der Waals surface area contributed by atoms with Crippen molar-refractivity contribution in [2.24, 2.45) is 0 Å². The first kappa shape index (κ1) is 13.8. The average molecular weight is 274 g/mol. The van der Waals surface area contributed by atoms with Gasteiger partial charge in [0, 0.05) is 44.0 Å². The number of nitrogens with zero attached hydrogens (tertiary/aromatic N) is 3. The van der Waals surface area contributed by atoms with Gasteiger partial charge in [0.05, 0.1) is 0 Å². The highest BCUT2D eigenvalue weighted by atomic mass is 15.3. The number of pyridine rings is 1. The maximum atomic E-state index is 4.66. The molecular weight excluding hydrogens is 248 g/mol. The number of hydrogen-bond acceptors (Lipinski definition) is 4. The van der Waals surface area contributed by atoms with Crippen LogP contribution < -0.4 is 10.2 Å². The van der Waals surface area contributed by atoms with Crippen molar-refractivity contribution in [1.29, 1.82) is 0 Å². The third kappa shape index (κ3) is 3.13. The molecule has 1 saturated heterocycles. The van der Waals surface area contributed by atoms with Gasteiger partial charge in [0.1, 0.15) is 5.82 Å². The second-order valence-electron chi connectivity index (χ2n) is 6.45. The Kier molecular flexibility index (Phi) is 3.94. The molecule has 0 radical (unpaired) electrons. The normalized spacial score (nSPS) is 27.9. The molecule has 2 heterocycles. The largest absolute Gasteiger partial charge is 0.354 e. The summed E-state index contributed by atoms with van der Waals surface area (Å²) in [5.74, 6) is 1.12. The predicted octanol–water partition coefficient (Wildman–Crippen LogP) is 1.86. The highest BCUT2D eigenvalue weighted by Crippen LogP contribution is 2.21. The Balaban J connectivity index is 1.61. The first-order valence-electron chi connectivity index (χ1n) is 7.78. The van der Waals surface area contributed by atoms with E-state index in [2.05, 4.69) is 53.1 Å². The Morgan fingerprint density at radius 2 is 1.90 bits per heavy atom. The van der Waals surface area contributed by atoms with Crippen LogP contribution in [0.2, 0.25) is 0 Å². The molecule has 1 N–H and O–H groups in total. The number of rotatable bonds is 4. The minimum absolute atomic E-state index is 0.580. The molecule has 2 unspecified atom stereocenters. The summed E-state index contributed by atoms with van der Waals surface area (Å²) in [6.07, 6.45) is 4.70. The van der Waals surface area contributed by atoms with Crippen molar-refractivity contribution in [3.05, 3.63) is 23.9 Å². The molecule has 2 atom stereocenters. The van der Waals surface area contributed by atoms with Crippen molar-refractivity contribution in [2.45, 2.75) is 51.4 Å². The van der Waals surface area contributed by atoms with Crippen LogP contribution in [0.5, 0.6) is 0 Å². The zero-order chi connectivity index (χ0) is 14.1. The van der Waals surface area contributed by atoms with Crippen LogP contribution in [0, 0.1) is 0 Å². The predicted molar refractivity (Wildman–Crippen MR) is 83.0 cm³/mol. The minimum atomic E-state index is 0.580. The topological polar surface area (TPSA) is 31.4 Å². The summed E-state index contributed by atoms with van der Waals surface area (Å²) < 4.78 is 0. The molecule has 1 aromatic rings. The van der Waals surface area contributed by atoms with Crippen LogP contribution in [-0.4, -0.2) is 48.1 Å². The maximum Gasteiger partial charge on any atom is 0.128 e. The minimum Gasteiger partial charge on any atom is -0.354 e. The van der Waals surface area contributed by atoms with Crippen molar-refractivity contribution in [3.8, 4) is 0 Å². The van der Waals surface area contributed by atoms with Crippen molar-refractivity contribution in [2.75, 3.05) is 25.0 Å². The lowest BCUT2D eigenvalue weighted by atomic mass is 10.1. The van der Waals surface area contributed by atoms with Gasteiger partial charge in [-0.3, -0.25) is 4.90 Å². The van der Waals surface area contributed by atoms with Crippen molar-refractivity contribution >= 4 is 5.82 Å². The molecule has 2 aliphatic rings. The second-order valence-corrected chi connectivity index (χ2v) is 6.45. The van der Waals surface area contributed by atoms with E-state index in [1.807, 2.05) is 6.20 Å². The first-order chi connectivity index (χ1) is 9.63. The van der Waals surface area contributed by atoms with E-state index in [0.29, 0.717) is 12.1 Å². The van der Waals surface area contributed by atoms with Gasteiger partial charge in [-0.2, -0.15) is 0 Å². The highest BCUT2D eigenvalue weighted by molar-refractivity contribution is 5.40. The van der Waals surface area contributed by atoms with Crippen molar-refractivity contribution in [1.82, 2.24) is 15.2 Å². The van der Waals surface area contributed by atoms with E-state index >= 15 is 0 Å². The van der Waals surface area contributed by atoms with Crippen molar-refractivity contribution in [3.63, 3.8) is 0 Å². The fourth-order valence-electron chi connectivity index (χ4n) is 2.85. The summed E-state index contributed by atoms with van der Waals surface area (Å²) in [5.41, 5.74) is 1.29. The average Bonchev–Trinajstić information content (AvgIpc) is 3.27. The Bertz CT molecular complexity index is 428. The first-order valence-corrected chi connectivity index (χ1v) is 7.78. The SMILES string of the molecule is CC1CN(c2ccc(CNC3CC3)cn2)CC(C)N1C. The number of hydrogen-bond donors (Lipinski definition) is 1. The number of anilines is 1. The molecule has 0 aromatic carbocycles. The Morgan fingerprint density at radius 1 is 1.20 bits per heavy atom. The van der Waals surface area contributed by atoms with Crippen LogP contribution in [0.1, 0.15) is 32.3 Å². The van der Waals surface area contributed by atoms with Gasteiger partial charge in [0.2, 0.25) is 0 Å². The van der Waals surface area contributed by atoms with Crippen LogP contribution >= 0.6 is 0 Å². The summed E-state index contributed by atoms with van der Waals surface area (Å²) in [5, 5.41) is 3.53. The van der Waals surface area contributed by atoms with Gasteiger partial charge in [0.15, 0.2) is 0 Å². The van der Waals surface area contributed by atoms with Crippen LogP contribution in [-0.2, 0) is 6.54 Å². The lowest BCUT2D eigenvalue weighted by Gasteiger charge is -2.43. The zero-order valence-corrected chi connectivity index (χ0v) is 12.8. The highest BCUT2D eigenvalue weighted by Gasteiger charge is 2.27. The van der Waals surface area contributed by atoms with Crippen LogP contribution in [0.25, 0.3) is 0 Å². The van der Waals surface area contributed by atoms with E-state index < -0.39 is 0 Å². The lowest BCUT2D eigenvalue weighted by Crippen LogP contribution is -2.55. The van der Waals surface area contributed by atoms with Gasteiger partial charge >= 0.3 is 0 Å². The molecule has 1 aliphatic carbocycles. The van der Waals surface area contributed by atoms with Gasteiger partial charge in [-0.1, -0.05) is 6.07 Å². The smallest absolute Gasteiger partial charge is 0.128 e. The lowest BCUT2D eigenvalue weighted by molar-refractivity contribution is 0.169. The van der Waals surface area contributed by atoms with Gasteiger partial charge in [0.25, 0.3) is 0 Å². The molecule has 1 aliphatic heterocycles. The zero-order valence-electron chi connectivity index (χ0n) is 12.8. The molecule has 2 fully saturated rings. The Hall–Kier alpha value is -1.13. The molecule has 1 saturated carbocycles. The van der Waals surface area contributed by atoms with Gasteiger partial charge < -0.3 is 10.2 Å². The molecule has 0 spiro atoms. The van der Waals surface area contributed by atoms with E-state index in [9.17, 15) is 0 Å². The van der Waals surface area contributed by atoms with Crippen LogP contribution in [0.15, 0.2) is 18.3 Å². The maximum absolute atomic E-state index is 4.66. The summed E-state index contributed by atoms with van der Waals surface area (Å²) >= 11 is 0. The molecular formula is C16H26N4.